The topological polar surface area (TPSA) is 26.0 Å². The molecule has 0 bridgehead atoms. The molecule has 0 rings (SSSR count). The number of unbranched alkanes of at least 4 members (excludes halogenated alkanes) is 8. The van der Waals surface area contributed by atoms with Crippen LogP contribution < -0.4 is 5.73 Å². The van der Waals surface area contributed by atoms with Crippen LogP contribution in [0.25, 0.3) is 0 Å². The Bertz CT molecular complexity index is 204. The van der Waals surface area contributed by atoms with E-state index in [1.165, 1.54) is 77.0 Å². The molecular weight excluding hydrogens is 346 g/mol. The van der Waals surface area contributed by atoms with Crippen molar-refractivity contribution >= 4 is 28.3 Å². The number of hydrogen-bond acceptors (Lipinski definition) is 1. The van der Waals surface area contributed by atoms with E-state index in [0.29, 0.717) is 5.92 Å². The molecule has 3 heteroatoms. The molecule has 21 heavy (non-hydrogen) atoms. The monoisotopic (exact) mass is 383 g/mol. The molecule has 0 saturated carbocycles. The quantitative estimate of drug-likeness (QED) is 0.257. The summed E-state index contributed by atoms with van der Waals surface area (Å²) in [5.74, 6) is 0.706. The van der Waals surface area contributed by atoms with Gasteiger partial charge in [-0.3, -0.25) is 0 Å². The Hall–Kier alpha value is 0.730. The van der Waals surface area contributed by atoms with E-state index in [4.69, 9.17) is 5.73 Å². The third-order valence-corrected chi connectivity index (χ3v) is 4.96. The van der Waals surface area contributed by atoms with Crippen LogP contribution in [0.3, 0.4) is 0 Å². The van der Waals surface area contributed by atoms with Crippen LogP contribution in [0.15, 0.2) is 0 Å². The SMILES string of the molecule is CCCCCCCCC(CCCCCCBr)C(C)(C)N.Cl. The van der Waals surface area contributed by atoms with Crippen molar-refractivity contribution in [2.75, 3.05) is 5.33 Å². The van der Waals surface area contributed by atoms with Gasteiger partial charge in [-0.15, -0.1) is 12.4 Å². The summed E-state index contributed by atoms with van der Waals surface area (Å²) >= 11 is 3.50. The molecule has 0 heterocycles. The highest BCUT2D eigenvalue weighted by Gasteiger charge is 2.23. The van der Waals surface area contributed by atoms with Crippen molar-refractivity contribution in [1.82, 2.24) is 0 Å². The molecule has 0 aliphatic rings. The minimum absolute atomic E-state index is 0. The summed E-state index contributed by atoms with van der Waals surface area (Å²) in [4.78, 5) is 0. The minimum Gasteiger partial charge on any atom is -0.325 e. The van der Waals surface area contributed by atoms with Crippen LogP contribution in [0.5, 0.6) is 0 Å². The summed E-state index contributed by atoms with van der Waals surface area (Å²) in [6, 6.07) is 0. The first-order valence-electron chi connectivity index (χ1n) is 8.87. The predicted molar refractivity (Wildman–Crippen MR) is 104 cm³/mol. The van der Waals surface area contributed by atoms with Crippen LogP contribution in [0.4, 0.5) is 0 Å². The van der Waals surface area contributed by atoms with Crippen LogP contribution in [0.2, 0.25) is 0 Å². The van der Waals surface area contributed by atoms with E-state index in [9.17, 15) is 0 Å². The Morgan fingerprint density at radius 2 is 1.24 bits per heavy atom. The van der Waals surface area contributed by atoms with Gasteiger partial charge in [0.2, 0.25) is 0 Å². The molecule has 0 fully saturated rings. The van der Waals surface area contributed by atoms with E-state index < -0.39 is 0 Å². The number of halogens is 2. The van der Waals surface area contributed by atoms with E-state index >= 15 is 0 Å². The summed E-state index contributed by atoms with van der Waals surface area (Å²) in [7, 11) is 0. The van der Waals surface area contributed by atoms with Crippen LogP contribution in [-0.4, -0.2) is 10.9 Å². The number of hydrogen-bond donors (Lipinski definition) is 1. The first kappa shape index (κ1) is 24.0. The van der Waals surface area contributed by atoms with E-state index in [2.05, 4.69) is 36.7 Å². The smallest absolute Gasteiger partial charge is 0.0125 e. The normalized spacial score (nSPS) is 13.0. The lowest BCUT2D eigenvalue weighted by molar-refractivity contribution is 0.267. The zero-order chi connectivity index (χ0) is 15.3. The van der Waals surface area contributed by atoms with E-state index in [1.807, 2.05) is 0 Å². The zero-order valence-corrected chi connectivity index (χ0v) is 17.0. The van der Waals surface area contributed by atoms with Crippen molar-refractivity contribution in [3.63, 3.8) is 0 Å². The largest absolute Gasteiger partial charge is 0.325 e. The van der Waals surface area contributed by atoms with Crippen LogP contribution >= 0.6 is 28.3 Å². The molecule has 1 unspecified atom stereocenters. The van der Waals surface area contributed by atoms with Gasteiger partial charge in [0.25, 0.3) is 0 Å². The lowest BCUT2D eigenvalue weighted by atomic mass is 9.80. The van der Waals surface area contributed by atoms with Gasteiger partial charge in [0.15, 0.2) is 0 Å². The Kier molecular flexibility index (Phi) is 17.8. The maximum absolute atomic E-state index is 6.38. The summed E-state index contributed by atoms with van der Waals surface area (Å²) in [5.41, 5.74) is 6.37. The molecule has 0 aliphatic heterocycles. The highest BCUT2D eigenvalue weighted by atomic mass is 79.9. The van der Waals surface area contributed by atoms with Crippen molar-refractivity contribution in [1.29, 1.82) is 0 Å². The van der Waals surface area contributed by atoms with Crippen molar-refractivity contribution in [3.8, 4) is 0 Å². The number of nitrogens with two attached hydrogens (primary N) is 1. The van der Waals surface area contributed by atoms with Gasteiger partial charge >= 0.3 is 0 Å². The first-order chi connectivity index (χ1) is 9.52. The second kappa shape index (κ2) is 15.6. The van der Waals surface area contributed by atoms with E-state index in [-0.39, 0.29) is 17.9 Å². The van der Waals surface area contributed by atoms with Crippen LogP contribution in [-0.2, 0) is 0 Å². The highest BCUT2D eigenvalue weighted by Crippen LogP contribution is 2.27. The van der Waals surface area contributed by atoms with Crippen molar-refractivity contribution in [2.45, 2.75) is 103 Å². The van der Waals surface area contributed by atoms with E-state index in [0.717, 1.165) is 5.33 Å². The van der Waals surface area contributed by atoms with Gasteiger partial charge < -0.3 is 5.73 Å². The molecule has 1 atom stereocenters. The molecule has 0 amide bonds. The summed E-state index contributed by atoms with van der Waals surface area (Å²) in [6.07, 6.45) is 16.4. The van der Waals surface area contributed by atoms with Gasteiger partial charge in [-0.2, -0.15) is 0 Å². The second-order valence-corrected chi connectivity index (χ2v) is 7.76. The Balaban J connectivity index is 0. The lowest BCUT2D eigenvalue weighted by Crippen LogP contribution is -2.40. The molecule has 0 aromatic heterocycles. The van der Waals surface area contributed by atoms with Crippen LogP contribution in [0, 0.1) is 5.92 Å². The standard InChI is InChI=1S/C18H38BrN.ClH/c1-4-5-6-7-8-11-14-17(18(2,3)20)15-12-9-10-13-16-19;/h17H,4-16,20H2,1-3H3;1H. The molecule has 130 valence electrons. The fraction of sp³-hybridized carbons (Fsp3) is 1.00. The zero-order valence-electron chi connectivity index (χ0n) is 14.6. The molecule has 1 nitrogen and oxygen atoms in total. The first-order valence-corrected chi connectivity index (χ1v) is 9.99. The molecular formula is C18H39BrClN. The average molecular weight is 385 g/mol. The fourth-order valence-corrected chi connectivity index (χ4v) is 3.29. The third kappa shape index (κ3) is 15.4. The van der Waals surface area contributed by atoms with Gasteiger partial charge in [0, 0.05) is 10.9 Å². The van der Waals surface area contributed by atoms with Gasteiger partial charge in [-0.05, 0) is 39.0 Å². The fourth-order valence-electron chi connectivity index (χ4n) is 2.90. The molecule has 0 saturated heterocycles. The number of rotatable bonds is 14. The van der Waals surface area contributed by atoms with Crippen molar-refractivity contribution < 1.29 is 0 Å². The molecule has 0 radical (unpaired) electrons. The molecule has 0 aromatic carbocycles. The van der Waals surface area contributed by atoms with Gasteiger partial charge in [0.05, 0.1) is 0 Å². The Morgan fingerprint density at radius 3 is 1.67 bits per heavy atom. The third-order valence-electron chi connectivity index (χ3n) is 4.39. The van der Waals surface area contributed by atoms with Gasteiger partial charge in [-0.25, -0.2) is 0 Å². The molecule has 0 spiro atoms. The van der Waals surface area contributed by atoms with Crippen LogP contribution in [0.1, 0.15) is 97.8 Å². The highest BCUT2D eigenvalue weighted by molar-refractivity contribution is 9.09. The predicted octanol–water partition coefficient (Wildman–Crippen LogP) is 6.86. The maximum atomic E-state index is 6.38. The average Bonchev–Trinajstić information content (AvgIpc) is 2.38. The van der Waals surface area contributed by atoms with Gasteiger partial charge in [-0.1, -0.05) is 80.6 Å². The maximum Gasteiger partial charge on any atom is 0.0125 e. The summed E-state index contributed by atoms with van der Waals surface area (Å²) in [6.45, 7) is 6.71. The molecule has 0 aromatic rings. The van der Waals surface area contributed by atoms with Gasteiger partial charge in [0.1, 0.15) is 0 Å². The minimum atomic E-state index is -0.00115. The lowest BCUT2D eigenvalue weighted by Gasteiger charge is -2.31. The number of alkyl halides is 1. The Labute approximate surface area is 148 Å². The summed E-state index contributed by atoms with van der Waals surface area (Å²) < 4.78 is 0. The molecule has 2 N–H and O–H groups in total. The van der Waals surface area contributed by atoms with Crippen molar-refractivity contribution in [3.05, 3.63) is 0 Å². The second-order valence-electron chi connectivity index (χ2n) is 6.97. The van der Waals surface area contributed by atoms with E-state index in [1.54, 1.807) is 0 Å². The Morgan fingerprint density at radius 1 is 0.810 bits per heavy atom. The summed E-state index contributed by atoms with van der Waals surface area (Å²) in [5, 5.41) is 1.15. The molecule has 0 aliphatic carbocycles. The van der Waals surface area contributed by atoms with Crippen molar-refractivity contribution in [2.24, 2.45) is 11.7 Å².